The summed E-state index contributed by atoms with van der Waals surface area (Å²) >= 11 is 0. The van der Waals surface area contributed by atoms with Gasteiger partial charge in [0.15, 0.2) is 0 Å². The van der Waals surface area contributed by atoms with E-state index in [0.29, 0.717) is 19.1 Å². The number of nitrogens with one attached hydrogen (secondary N) is 1. The molecule has 128 valence electrons. The van der Waals surface area contributed by atoms with Crippen molar-refractivity contribution in [2.24, 2.45) is 0 Å². The summed E-state index contributed by atoms with van der Waals surface area (Å²) in [6.07, 6.45) is 3.59. The van der Waals surface area contributed by atoms with E-state index in [1.54, 1.807) is 4.90 Å². The summed E-state index contributed by atoms with van der Waals surface area (Å²) in [5.41, 5.74) is 1.69. The fourth-order valence-corrected chi connectivity index (χ4v) is 4.69. The number of benzene rings is 1. The highest BCUT2D eigenvalue weighted by Gasteiger charge is 2.43. The molecule has 0 unspecified atom stereocenters. The van der Waals surface area contributed by atoms with Crippen molar-refractivity contribution in [3.05, 3.63) is 35.9 Å². The smallest absolute Gasteiger partial charge is 0.312 e. The van der Waals surface area contributed by atoms with Crippen LogP contribution in [0.4, 0.5) is 0 Å². The predicted octanol–water partition coefficient (Wildman–Crippen LogP) is 1.14. The Balaban J connectivity index is 1.43. The van der Waals surface area contributed by atoms with Gasteiger partial charge in [-0.15, -0.1) is 0 Å². The van der Waals surface area contributed by atoms with Crippen molar-refractivity contribution >= 4 is 11.8 Å². The number of nitrogens with zero attached hydrogens (tertiary/aromatic N) is 2. The van der Waals surface area contributed by atoms with Crippen LogP contribution < -0.4 is 5.32 Å². The molecule has 3 aliphatic rings. The third-order valence-electron chi connectivity index (χ3n) is 6.17. The molecular weight excluding hydrogens is 302 g/mol. The lowest BCUT2D eigenvalue weighted by Crippen LogP contribution is -2.66. The second-order valence-corrected chi connectivity index (χ2v) is 7.68. The summed E-state index contributed by atoms with van der Waals surface area (Å²) < 4.78 is 0. The number of carbonyl (C=O) groups is 2. The molecule has 1 aromatic rings. The van der Waals surface area contributed by atoms with E-state index < -0.39 is 5.91 Å². The third kappa shape index (κ3) is 2.61. The van der Waals surface area contributed by atoms with E-state index in [4.69, 9.17) is 0 Å². The average molecular weight is 327 g/mol. The van der Waals surface area contributed by atoms with Crippen LogP contribution in [0.25, 0.3) is 0 Å². The van der Waals surface area contributed by atoms with Crippen LogP contribution in [-0.2, 0) is 15.0 Å². The van der Waals surface area contributed by atoms with E-state index in [1.165, 1.54) is 24.8 Å². The van der Waals surface area contributed by atoms with Crippen molar-refractivity contribution in [3.63, 3.8) is 0 Å². The van der Waals surface area contributed by atoms with Crippen molar-refractivity contribution in [3.8, 4) is 0 Å². The van der Waals surface area contributed by atoms with Crippen LogP contribution in [0.2, 0.25) is 0 Å². The molecule has 3 atom stereocenters. The molecule has 0 spiro atoms. The molecule has 5 nitrogen and oxygen atoms in total. The van der Waals surface area contributed by atoms with Gasteiger partial charge in [0.25, 0.3) is 0 Å². The van der Waals surface area contributed by atoms with Gasteiger partial charge in [0.1, 0.15) is 0 Å². The van der Waals surface area contributed by atoms with Crippen molar-refractivity contribution in [2.75, 3.05) is 26.2 Å². The molecule has 2 heterocycles. The second-order valence-electron chi connectivity index (χ2n) is 7.68. The van der Waals surface area contributed by atoms with E-state index in [0.717, 1.165) is 13.1 Å². The van der Waals surface area contributed by atoms with E-state index >= 15 is 0 Å². The first-order valence-electron chi connectivity index (χ1n) is 8.95. The van der Waals surface area contributed by atoms with E-state index in [9.17, 15) is 9.59 Å². The summed E-state index contributed by atoms with van der Waals surface area (Å²) in [5.74, 6) is -0.802. The number of amides is 2. The van der Waals surface area contributed by atoms with Crippen LogP contribution in [0, 0.1) is 0 Å². The molecule has 5 heteroatoms. The van der Waals surface area contributed by atoms with Crippen molar-refractivity contribution in [1.29, 1.82) is 0 Å². The zero-order chi connectivity index (χ0) is 16.7. The summed E-state index contributed by atoms with van der Waals surface area (Å²) in [7, 11) is 0. The highest BCUT2D eigenvalue weighted by molar-refractivity contribution is 6.35. The van der Waals surface area contributed by atoms with Gasteiger partial charge in [0.05, 0.1) is 6.04 Å². The standard InChI is InChI=1S/C19H25N3O2/c1-19(14-5-3-2-4-6-14)8-7-15(11-19)21-9-10-22-16(13-21)12-20-17(23)18(22)24/h2-6,15-16H,7-13H2,1H3,(H,20,23)/t15-,16+,19-/m0/s1. The Kier molecular flexibility index (Phi) is 3.83. The maximum absolute atomic E-state index is 12.0. The molecule has 1 saturated carbocycles. The molecule has 2 saturated heterocycles. The first-order chi connectivity index (χ1) is 11.6. The lowest BCUT2D eigenvalue weighted by Gasteiger charge is -2.45. The Bertz CT molecular complexity index is 647. The highest BCUT2D eigenvalue weighted by atomic mass is 16.2. The van der Waals surface area contributed by atoms with Crippen LogP contribution in [0.1, 0.15) is 31.7 Å². The van der Waals surface area contributed by atoms with Gasteiger partial charge >= 0.3 is 11.8 Å². The molecule has 0 radical (unpaired) electrons. The molecule has 24 heavy (non-hydrogen) atoms. The van der Waals surface area contributed by atoms with E-state index in [-0.39, 0.29) is 17.4 Å². The monoisotopic (exact) mass is 327 g/mol. The van der Waals surface area contributed by atoms with Crippen LogP contribution in [0.5, 0.6) is 0 Å². The van der Waals surface area contributed by atoms with Crippen LogP contribution in [0.15, 0.2) is 30.3 Å². The molecule has 2 aliphatic heterocycles. The summed E-state index contributed by atoms with van der Waals surface area (Å²) in [6, 6.07) is 11.5. The first-order valence-corrected chi connectivity index (χ1v) is 8.95. The quantitative estimate of drug-likeness (QED) is 0.829. The first kappa shape index (κ1) is 15.6. The SMILES string of the molecule is C[C@]1(c2ccccc2)CC[C@H](N2CCN3C(=O)C(=O)NC[C@@H]3C2)C1. The summed E-state index contributed by atoms with van der Waals surface area (Å²) in [5, 5.41) is 2.73. The van der Waals surface area contributed by atoms with Crippen LogP contribution in [0.3, 0.4) is 0 Å². The summed E-state index contributed by atoms with van der Waals surface area (Å²) in [6.45, 7) is 5.40. The number of rotatable bonds is 2. The zero-order valence-electron chi connectivity index (χ0n) is 14.2. The van der Waals surface area contributed by atoms with Crippen molar-refractivity contribution < 1.29 is 9.59 Å². The van der Waals surface area contributed by atoms with Gasteiger partial charge in [-0.2, -0.15) is 0 Å². The van der Waals surface area contributed by atoms with Gasteiger partial charge in [-0.3, -0.25) is 14.5 Å². The summed E-state index contributed by atoms with van der Waals surface area (Å²) in [4.78, 5) is 27.8. The predicted molar refractivity (Wildman–Crippen MR) is 91.5 cm³/mol. The highest BCUT2D eigenvalue weighted by Crippen LogP contribution is 2.42. The average Bonchev–Trinajstić information content (AvgIpc) is 3.02. The minimum Gasteiger partial charge on any atom is -0.346 e. The lowest BCUT2D eigenvalue weighted by molar-refractivity contribution is -0.153. The topological polar surface area (TPSA) is 52.7 Å². The number of hydrogen-bond donors (Lipinski definition) is 1. The molecule has 1 aromatic carbocycles. The van der Waals surface area contributed by atoms with Gasteiger partial charge in [0, 0.05) is 32.2 Å². The van der Waals surface area contributed by atoms with Crippen molar-refractivity contribution in [2.45, 2.75) is 43.7 Å². The van der Waals surface area contributed by atoms with Crippen LogP contribution >= 0.6 is 0 Å². The van der Waals surface area contributed by atoms with Gasteiger partial charge in [-0.1, -0.05) is 37.3 Å². The second kappa shape index (κ2) is 5.88. The lowest BCUT2D eigenvalue weighted by atomic mass is 9.81. The number of piperazine rings is 2. The molecule has 4 rings (SSSR count). The van der Waals surface area contributed by atoms with Gasteiger partial charge in [-0.05, 0) is 30.2 Å². The molecule has 2 amide bonds. The molecule has 1 aliphatic carbocycles. The minimum absolute atomic E-state index is 0.132. The minimum atomic E-state index is -0.447. The Morgan fingerprint density at radius 1 is 1.12 bits per heavy atom. The maximum Gasteiger partial charge on any atom is 0.312 e. The molecule has 0 bridgehead atoms. The fourth-order valence-electron chi connectivity index (χ4n) is 4.69. The van der Waals surface area contributed by atoms with Gasteiger partial charge < -0.3 is 10.2 Å². The zero-order valence-corrected chi connectivity index (χ0v) is 14.2. The third-order valence-corrected chi connectivity index (χ3v) is 6.17. The Labute approximate surface area is 143 Å². The largest absolute Gasteiger partial charge is 0.346 e. The van der Waals surface area contributed by atoms with E-state index in [1.807, 2.05) is 0 Å². The Morgan fingerprint density at radius 3 is 2.71 bits per heavy atom. The fraction of sp³-hybridized carbons (Fsp3) is 0.579. The number of carbonyl (C=O) groups excluding carboxylic acids is 2. The molecule has 0 aromatic heterocycles. The molecule has 1 N–H and O–H groups in total. The molecular formula is C19H25N3O2. The Morgan fingerprint density at radius 2 is 1.92 bits per heavy atom. The van der Waals surface area contributed by atoms with Gasteiger partial charge in [0.2, 0.25) is 0 Å². The molecule has 3 fully saturated rings. The van der Waals surface area contributed by atoms with Crippen molar-refractivity contribution in [1.82, 2.24) is 15.1 Å². The van der Waals surface area contributed by atoms with Crippen LogP contribution in [-0.4, -0.2) is 59.9 Å². The number of fused-ring (bicyclic) bond motifs is 1. The normalized spacial score (nSPS) is 34.1. The Hall–Kier alpha value is -1.88. The number of hydrogen-bond acceptors (Lipinski definition) is 3. The van der Waals surface area contributed by atoms with E-state index in [2.05, 4.69) is 47.5 Å². The maximum atomic E-state index is 12.0. The van der Waals surface area contributed by atoms with Gasteiger partial charge in [-0.25, -0.2) is 0 Å².